The van der Waals surface area contributed by atoms with Gasteiger partial charge in [-0.05, 0) is 12.0 Å². The molecule has 1 aliphatic heterocycles. The van der Waals surface area contributed by atoms with Crippen LogP contribution in [0.2, 0.25) is 0 Å². The number of carbonyl (C=O) groups excluding carboxylic acids is 2. The Morgan fingerprint density at radius 3 is 2.10 bits per heavy atom. The van der Waals surface area contributed by atoms with Gasteiger partial charge in [0, 0.05) is 12.1 Å². The second-order valence-corrected chi connectivity index (χ2v) is 4.14. The van der Waals surface area contributed by atoms with E-state index in [1.807, 2.05) is 0 Å². The van der Waals surface area contributed by atoms with E-state index >= 15 is 0 Å². The minimum atomic E-state index is -0.855. The van der Waals surface area contributed by atoms with E-state index in [0.717, 1.165) is 0 Å². The van der Waals surface area contributed by atoms with Gasteiger partial charge in [0.15, 0.2) is 0 Å². The average molecular weight is 277 g/mol. The Hall–Kier alpha value is -2.70. The minimum absolute atomic E-state index is 0. The monoisotopic (exact) mass is 277 g/mol. The quantitative estimate of drug-likeness (QED) is 0.491. The topological polar surface area (TPSA) is 101 Å². The van der Waals surface area contributed by atoms with Gasteiger partial charge in [0.25, 0.3) is 5.69 Å². The molecule has 0 saturated carbocycles. The van der Waals surface area contributed by atoms with Crippen molar-refractivity contribution >= 4 is 17.5 Å². The maximum absolute atomic E-state index is 11.7. The summed E-state index contributed by atoms with van der Waals surface area (Å²) in [6.45, 7) is 3.45. The zero-order valence-corrected chi connectivity index (χ0v) is 9.88. The first-order valence-corrected chi connectivity index (χ1v) is 5.51. The molecule has 0 unspecified atom stereocenters. The second-order valence-electron chi connectivity index (χ2n) is 4.14. The SMILES string of the molecule is C.C=C1NC(=O)C(Cc2ccc([N+](=O)[O-])cc2)C(=O)N1. The fourth-order valence-electron chi connectivity index (χ4n) is 1.80. The molecule has 0 radical (unpaired) electrons. The molecule has 106 valence electrons. The van der Waals surface area contributed by atoms with Crippen LogP contribution in [-0.4, -0.2) is 16.7 Å². The lowest BCUT2D eigenvalue weighted by molar-refractivity contribution is -0.384. The zero-order valence-electron chi connectivity index (χ0n) is 9.88. The molecule has 7 nitrogen and oxygen atoms in total. The van der Waals surface area contributed by atoms with Crippen molar-refractivity contribution in [3.8, 4) is 0 Å². The van der Waals surface area contributed by atoms with E-state index in [0.29, 0.717) is 5.56 Å². The third kappa shape index (κ3) is 3.19. The van der Waals surface area contributed by atoms with E-state index in [-0.39, 0.29) is 25.4 Å². The first kappa shape index (κ1) is 15.4. The van der Waals surface area contributed by atoms with Gasteiger partial charge in [0.05, 0.1) is 4.92 Å². The lowest BCUT2D eigenvalue weighted by Gasteiger charge is -2.23. The summed E-state index contributed by atoms with van der Waals surface area (Å²) in [6, 6.07) is 5.74. The molecule has 1 aliphatic rings. The molecule has 1 saturated heterocycles. The summed E-state index contributed by atoms with van der Waals surface area (Å²) in [6.07, 6.45) is 0.183. The number of carbonyl (C=O) groups is 2. The number of benzene rings is 1. The lowest BCUT2D eigenvalue weighted by atomic mass is 9.96. The fraction of sp³-hybridized carbons (Fsp3) is 0.231. The van der Waals surface area contributed by atoms with Crippen LogP contribution in [0.15, 0.2) is 36.7 Å². The standard InChI is InChI=1S/C12H11N3O4.CH4/c1-7-13-11(16)10(12(17)14-7)6-8-2-4-9(5-3-8)15(18)19;/h2-5,10H,1,6H2,(H,13,16)(H,14,17);1H4. The summed E-state index contributed by atoms with van der Waals surface area (Å²) in [5.74, 6) is -1.54. The van der Waals surface area contributed by atoms with Crippen molar-refractivity contribution in [2.75, 3.05) is 0 Å². The Labute approximate surface area is 115 Å². The lowest BCUT2D eigenvalue weighted by Crippen LogP contribution is -2.50. The number of rotatable bonds is 3. The molecule has 0 spiro atoms. The van der Waals surface area contributed by atoms with Crippen LogP contribution in [0.25, 0.3) is 0 Å². The maximum Gasteiger partial charge on any atom is 0.269 e. The Balaban J connectivity index is 0.00000200. The van der Waals surface area contributed by atoms with Crippen LogP contribution in [0, 0.1) is 16.0 Å². The van der Waals surface area contributed by atoms with Gasteiger partial charge in [-0.25, -0.2) is 0 Å². The number of nitro benzene ring substituents is 1. The molecule has 0 aromatic heterocycles. The third-order valence-corrected chi connectivity index (χ3v) is 2.77. The van der Waals surface area contributed by atoms with Gasteiger partial charge >= 0.3 is 0 Å². The number of hydrogen-bond acceptors (Lipinski definition) is 4. The Morgan fingerprint density at radius 2 is 1.65 bits per heavy atom. The number of nitrogens with zero attached hydrogens (tertiary/aromatic N) is 1. The summed E-state index contributed by atoms with van der Waals surface area (Å²) in [4.78, 5) is 33.3. The molecular formula is C13H15N3O4. The van der Waals surface area contributed by atoms with E-state index in [1.165, 1.54) is 24.3 Å². The molecule has 1 heterocycles. The number of nitrogens with one attached hydrogen (secondary N) is 2. The van der Waals surface area contributed by atoms with Crippen molar-refractivity contribution in [1.82, 2.24) is 10.6 Å². The predicted octanol–water partition coefficient (Wildman–Crippen LogP) is 1.11. The molecule has 0 atom stereocenters. The summed E-state index contributed by atoms with van der Waals surface area (Å²) >= 11 is 0. The molecule has 1 fully saturated rings. The van der Waals surface area contributed by atoms with Crippen LogP contribution in [0.5, 0.6) is 0 Å². The highest BCUT2D eigenvalue weighted by Gasteiger charge is 2.31. The van der Waals surface area contributed by atoms with Crippen LogP contribution < -0.4 is 10.6 Å². The van der Waals surface area contributed by atoms with Gasteiger partial charge in [-0.15, -0.1) is 0 Å². The summed E-state index contributed by atoms with van der Waals surface area (Å²) < 4.78 is 0. The number of nitro groups is 1. The molecule has 1 aromatic rings. The van der Waals surface area contributed by atoms with Crippen LogP contribution in [-0.2, 0) is 16.0 Å². The van der Waals surface area contributed by atoms with Gasteiger partial charge in [-0.1, -0.05) is 26.1 Å². The summed E-state index contributed by atoms with van der Waals surface area (Å²) in [7, 11) is 0. The molecule has 2 rings (SSSR count). The van der Waals surface area contributed by atoms with Gasteiger partial charge < -0.3 is 10.6 Å². The molecular weight excluding hydrogens is 262 g/mol. The highest BCUT2D eigenvalue weighted by Crippen LogP contribution is 2.17. The smallest absolute Gasteiger partial charge is 0.269 e. The largest absolute Gasteiger partial charge is 0.312 e. The fourth-order valence-corrected chi connectivity index (χ4v) is 1.80. The number of non-ortho nitro benzene ring substituents is 1. The van der Waals surface area contributed by atoms with E-state index in [4.69, 9.17) is 0 Å². The highest BCUT2D eigenvalue weighted by atomic mass is 16.6. The van der Waals surface area contributed by atoms with Gasteiger partial charge in [-0.3, -0.25) is 19.7 Å². The van der Waals surface area contributed by atoms with Crippen LogP contribution in [0.1, 0.15) is 13.0 Å². The predicted molar refractivity (Wildman–Crippen MR) is 72.4 cm³/mol. The van der Waals surface area contributed by atoms with Crippen LogP contribution in [0.4, 0.5) is 5.69 Å². The van der Waals surface area contributed by atoms with Crippen molar-refractivity contribution in [3.63, 3.8) is 0 Å². The van der Waals surface area contributed by atoms with Crippen molar-refractivity contribution in [1.29, 1.82) is 0 Å². The van der Waals surface area contributed by atoms with Crippen molar-refractivity contribution in [3.05, 3.63) is 52.3 Å². The second kappa shape index (κ2) is 5.96. The van der Waals surface area contributed by atoms with Crippen molar-refractivity contribution in [2.24, 2.45) is 5.92 Å². The number of hydrogen-bond donors (Lipinski definition) is 2. The van der Waals surface area contributed by atoms with Crippen molar-refractivity contribution < 1.29 is 14.5 Å². The third-order valence-electron chi connectivity index (χ3n) is 2.77. The van der Waals surface area contributed by atoms with E-state index < -0.39 is 22.7 Å². The van der Waals surface area contributed by atoms with Gasteiger partial charge in [-0.2, -0.15) is 0 Å². The van der Waals surface area contributed by atoms with E-state index in [9.17, 15) is 19.7 Å². The summed E-state index contributed by atoms with van der Waals surface area (Å²) in [5.41, 5.74) is 0.642. The number of amides is 2. The van der Waals surface area contributed by atoms with Gasteiger partial charge in [0.2, 0.25) is 11.8 Å². The molecule has 1 aromatic carbocycles. The normalized spacial score (nSPS) is 15.1. The first-order chi connectivity index (χ1) is 8.97. The molecule has 2 N–H and O–H groups in total. The molecule has 0 aliphatic carbocycles. The van der Waals surface area contributed by atoms with E-state index in [1.54, 1.807) is 0 Å². The Morgan fingerprint density at radius 1 is 1.15 bits per heavy atom. The molecule has 7 heteroatoms. The van der Waals surface area contributed by atoms with E-state index in [2.05, 4.69) is 17.2 Å². The molecule has 20 heavy (non-hydrogen) atoms. The zero-order chi connectivity index (χ0) is 14.0. The highest BCUT2D eigenvalue weighted by molar-refractivity contribution is 6.04. The van der Waals surface area contributed by atoms with Gasteiger partial charge in [0.1, 0.15) is 11.7 Å². The molecule has 2 amide bonds. The Kier molecular flexibility index (Phi) is 4.58. The van der Waals surface area contributed by atoms with Crippen LogP contribution in [0.3, 0.4) is 0 Å². The molecule has 0 bridgehead atoms. The minimum Gasteiger partial charge on any atom is -0.312 e. The van der Waals surface area contributed by atoms with Crippen LogP contribution >= 0.6 is 0 Å². The maximum atomic E-state index is 11.7. The summed E-state index contributed by atoms with van der Waals surface area (Å²) in [5, 5.41) is 15.4. The first-order valence-electron chi connectivity index (χ1n) is 5.51. The van der Waals surface area contributed by atoms with Crippen molar-refractivity contribution in [2.45, 2.75) is 13.8 Å². The average Bonchev–Trinajstić information content (AvgIpc) is 2.34. The Bertz CT molecular complexity index is 545.